The van der Waals surface area contributed by atoms with Gasteiger partial charge in [0.05, 0.1) is 11.2 Å². The molecule has 1 aromatic rings. The van der Waals surface area contributed by atoms with E-state index in [0.717, 1.165) is 5.46 Å². The molecule has 1 aliphatic rings. The molecule has 0 aliphatic carbocycles. The maximum atomic E-state index is 5.98. The van der Waals surface area contributed by atoms with Crippen molar-refractivity contribution in [3.05, 3.63) is 29.8 Å². The highest BCUT2D eigenvalue weighted by atomic mass is 16.7. The van der Waals surface area contributed by atoms with Gasteiger partial charge in [0.15, 0.2) is 0 Å². The van der Waals surface area contributed by atoms with Crippen LogP contribution in [0.5, 0.6) is 0 Å². The fraction of sp³-hybridized carbons (Fsp3) is 0.600. The zero-order valence-electron chi connectivity index (χ0n) is 12.7. The SMILES string of the molecule is CC.Cc1cccc(B2OC(C)(C)C(C)(C)O2)c1. The molecule has 1 aromatic carbocycles. The molecule has 1 heterocycles. The first kappa shape index (κ1) is 15.3. The molecular formula is C15H25BO2. The van der Waals surface area contributed by atoms with Crippen LogP contribution in [0.3, 0.4) is 0 Å². The van der Waals surface area contributed by atoms with Crippen molar-refractivity contribution in [3.8, 4) is 0 Å². The largest absolute Gasteiger partial charge is 0.494 e. The Morgan fingerprint density at radius 3 is 1.89 bits per heavy atom. The minimum absolute atomic E-state index is 0.245. The van der Waals surface area contributed by atoms with Crippen LogP contribution in [-0.2, 0) is 9.31 Å². The number of rotatable bonds is 1. The smallest absolute Gasteiger partial charge is 0.399 e. The summed E-state index contributed by atoms with van der Waals surface area (Å²) in [6.07, 6.45) is 0. The molecule has 0 aromatic heterocycles. The van der Waals surface area contributed by atoms with Crippen molar-refractivity contribution in [2.24, 2.45) is 0 Å². The van der Waals surface area contributed by atoms with Gasteiger partial charge in [0, 0.05) is 0 Å². The van der Waals surface area contributed by atoms with Crippen molar-refractivity contribution < 1.29 is 9.31 Å². The van der Waals surface area contributed by atoms with Gasteiger partial charge in [0.1, 0.15) is 0 Å². The van der Waals surface area contributed by atoms with Crippen LogP contribution in [-0.4, -0.2) is 18.3 Å². The molecule has 0 radical (unpaired) electrons. The lowest BCUT2D eigenvalue weighted by Crippen LogP contribution is -2.41. The van der Waals surface area contributed by atoms with Crippen molar-refractivity contribution in [2.45, 2.75) is 59.7 Å². The topological polar surface area (TPSA) is 18.5 Å². The number of hydrogen-bond acceptors (Lipinski definition) is 2. The average Bonchev–Trinajstić information content (AvgIpc) is 2.51. The summed E-state index contributed by atoms with van der Waals surface area (Å²) >= 11 is 0. The van der Waals surface area contributed by atoms with Crippen molar-refractivity contribution >= 4 is 12.6 Å². The van der Waals surface area contributed by atoms with Crippen LogP contribution in [0.25, 0.3) is 0 Å². The maximum absolute atomic E-state index is 5.98. The summed E-state index contributed by atoms with van der Waals surface area (Å²) in [7, 11) is -0.245. The normalized spacial score (nSPS) is 20.3. The summed E-state index contributed by atoms with van der Waals surface area (Å²) in [6.45, 7) is 14.4. The first-order chi connectivity index (χ1) is 8.32. The Labute approximate surface area is 112 Å². The highest BCUT2D eigenvalue weighted by molar-refractivity contribution is 6.62. The van der Waals surface area contributed by atoms with Crippen LogP contribution in [0.15, 0.2) is 24.3 Å². The number of hydrogen-bond donors (Lipinski definition) is 0. The molecule has 0 atom stereocenters. The Balaban J connectivity index is 0.000000771. The molecule has 100 valence electrons. The lowest BCUT2D eigenvalue weighted by molar-refractivity contribution is 0.00578. The zero-order valence-corrected chi connectivity index (χ0v) is 12.7. The van der Waals surface area contributed by atoms with Crippen LogP contribution in [0.4, 0.5) is 0 Å². The number of benzene rings is 1. The molecule has 1 aliphatic heterocycles. The van der Waals surface area contributed by atoms with E-state index in [2.05, 4.69) is 52.8 Å². The lowest BCUT2D eigenvalue weighted by Gasteiger charge is -2.32. The molecule has 0 bridgehead atoms. The second kappa shape index (κ2) is 5.46. The van der Waals surface area contributed by atoms with E-state index in [4.69, 9.17) is 9.31 Å². The van der Waals surface area contributed by atoms with E-state index in [-0.39, 0.29) is 18.3 Å². The molecule has 2 nitrogen and oxygen atoms in total. The Morgan fingerprint density at radius 2 is 1.44 bits per heavy atom. The highest BCUT2D eigenvalue weighted by Gasteiger charge is 2.51. The minimum Gasteiger partial charge on any atom is -0.399 e. The molecule has 0 spiro atoms. The van der Waals surface area contributed by atoms with Crippen LogP contribution >= 0.6 is 0 Å². The van der Waals surface area contributed by atoms with E-state index in [9.17, 15) is 0 Å². The van der Waals surface area contributed by atoms with Crippen LogP contribution < -0.4 is 5.46 Å². The van der Waals surface area contributed by atoms with Crippen LogP contribution in [0.1, 0.15) is 47.1 Å². The molecular weight excluding hydrogens is 223 g/mol. The van der Waals surface area contributed by atoms with E-state index >= 15 is 0 Å². The van der Waals surface area contributed by atoms with Crippen molar-refractivity contribution in [2.75, 3.05) is 0 Å². The Hall–Kier alpha value is -0.795. The first-order valence-corrected chi connectivity index (χ1v) is 6.74. The quantitative estimate of drug-likeness (QED) is 0.710. The van der Waals surface area contributed by atoms with Crippen LogP contribution in [0.2, 0.25) is 0 Å². The lowest BCUT2D eigenvalue weighted by atomic mass is 9.78. The van der Waals surface area contributed by atoms with Crippen molar-refractivity contribution in [3.63, 3.8) is 0 Å². The summed E-state index contributed by atoms with van der Waals surface area (Å²) in [6, 6.07) is 8.28. The van der Waals surface area contributed by atoms with E-state index in [1.165, 1.54) is 5.56 Å². The summed E-state index contributed by atoms with van der Waals surface area (Å²) in [5.74, 6) is 0. The molecule has 0 N–H and O–H groups in total. The maximum Gasteiger partial charge on any atom is 0.494 e. The summed E-state index contributed by atoms with van der Waals surface area (Å²) in [5, 5.41) is 0. The Bertz CT molecular complexity index is 383. The second-order valence-electron chi connectivity index (χ2n) is 5.50. The standard InChI is InChI=1S/C13H19BO2.C2H6/c1-10-7-6-8-11(9-10)14-15-12(2,3)13(4,5)16-14;1-2/h6-9H,1-5H3;1-2H3. The molecule has 2 rings (SSSR count). The van der Waals surface area contributed by atoms with Gasteiger partial charge in [0.2, 0.25) is 0 Å². The monoisotopic (exact) mass is 248 g/mol. The van der Waals surface area contributed by atoms with Gasteiger partial charge in [-0.05, 0) is 40.1 Å². The predicted octanol–water partition coefficient (Wildman–Crippen LogP) is 3.32. The van der Waals surface area contributed by atoms with Gasteiger partial charge in [-0.1, -0.05) is 43.7 Å². The van der Waals surface area contributed by atoms with Gasteiger partial charge in [0.25, 0.3) is 0 Å². The molecule has 1 fully saturated rings. The predicted molar refractivity (Wildman–Crippen MR) is 78.2 cm³/mol. The molecule has 1 saturated heterocycles. The fourth-order valence-corrected chi connectivity index (χ4v) is 1.80. The highest BCUT2D eigenvalue weighted by Crippen LogP contribution is 2.36. The van der Waals surface area contributed by atoms with Gasteiger partial charge in [-0.3, -0.25) is 0 Å². The third-order valence-corrected chi connectivity index (χ3v) is 3.57. The zero-order chi connectivity index (χ0) is 14.0. The molecule has 3 heteroatoms. The molecule has 0 amide bonds. The van der Waals surface area contributed by atoms with E-state index in [1.54, 1.807) is 0 Å². The van der Waals surface area contributed by atoms with Gasteiger partial charge >= 0.3 is 7.12 Å². The van der Waals surface area contributed by atoms with Gasteiger partial charge in [-0.2, -0.15) is 0 Å². The van der Waals surface area contributed by atoms with Crippen molar-refractivity contribution in [1.82, 2.24) is 0 Å². The summed E-state index contributed by atoms with van der Waals surface area (Å²) < 4.78 is 12.0. The van der Waals surface area contributed by atoms with Gasteiger partial charge < -0.3 is 9.31 Å². The molecule has 0 unspecified atom stereocenters. The Kier molecular flexibility index (Phi) is 4.63. The molecule has 0 saturated carbocycles. The fourth-order valence-electron chi connectivity index (χ4n) is 1.80. The molecule has 18 heavy (non-hydrogen) atoms. The van der Waals surface area contributed by atoms with Crippen LogP contribution in [0, 0.1) is 6.92 Å². The van der Waals surface area contributed by atoms with Gasteiger partial charge in [-0.25, -0.2) is 0 Å². The second-order valence-corrected chi connectivity index (χ2v) is 5.50. The number of aryl methyl sites for hydroxylation is 1. The average molecular weight is 248 g/mol. The first-order valence-electron chi connectivity index (χ1n) is 6.74. The third-order valence-electron chi connectivity index (χ3n) is 3.57. The summed E-state index contributed by atoms with van der Waals surface area (Å²) in [4.78, 5) is 0. The van der Waals surface area contributed by atoms with E-state index < -0.39 is 0 Å². The van der Waals surface area contributed by atoms with Gasteiger partial charge in [-0.15, -0.1) is 0 Å². The third kappa shape index (κ3) is 2.96. The minimum atomic E-state index is -0.262. The van der Waals surface area contributed by atoms with E-state index in [1.807, 2.05) is 19.9 Å². The van der Waals surface area contributed by atoms with Crippen molar-refractivity contribution in [1.29, 1.82) is 0 Å². The summed E-state index contributed by atoms with van der Waals surface area (Å²) in [5.41, 5.74) is 1.80. The van der Waals surface area contributed by atoms with E-state index in [0.29, 0.717) is 0 Å². The Morgan fingerprint density at radius 1 is 0.944 bits per heavy atom.